The molecule has 4 aromatic rings. The van der Waals surface area contributed by atoms with Gasteiger partial charge in [-0.05, 0) is 71.8 Å². The maximum Gasteiger partial charge on any atom is 0.127 e. The van der Waals surface area contributed by atoms with Gasteiger partial charge in [-0.1, -0.05) is 42.5 Å². The zero-order valence-corrected chi connectivity index (χ0v) is 15.5. The molecule has 0 atom stereocenters. The molecular formula is C24H23N3O. The molecule has 4 rings (SSSR count). The Bertz CT molecular complexity index is 937. The summed E-state index contributed by atoms with van der Waals surface area (Å²) >= 11 is 0. The molecule has 0 spiro atoms. The van der Waals surface area contributed by atoms with E-state index >= 15 is 0 Å². The third kappa shape index (κ3) is 5.54. The number of hydrogen-bond donors (Lipinski definition) is 3. The lowest BCUT2D eigenvalue weighted by Gasteiger charge is -2.05. The van der Waals surface area contributed by atoms with Crippen LogP contribution >= 0.6 is 0 Å². The summed E-state index contributed by atoms with van der Waals surface area (Å²) in [5.74, 6) is 1.52. The summed E-state index contributed by atoms with van der Waals surface area (Å²) in [6, 6.07) is 32.7. The molecule has 0 aliphatic carbocycles. The largest absolute Gasteiger partial charge is 0.457 e. The van der Waals surface area contributed by atoms with Crippen molar-refractivity contribution in [2.75, 3.05) is 17.2 Å². The lowest BCUT2D eigenvalue weighted by atomic mass is 10.1. The Labute approximate surface area is 165 Å². The van der Waals surface area contributed by atoms with Crippen molar-refractivity contribution in [2.24, 2.45) is 0 Å². The fourth-order valence-corrected chi connectivity index (χ4v) is 2.51. The highest BCUT2D eigenvalue weighted by Gasteiger charge is 1.96. The van der Waals surface area contributed by atoms with Crippen LogP contribution in [0.5, 0.6) is 11.5 Å². The highest BCUT2D eigenvalue weighted by atomic mass is 16.5. The SMILES string of the molecule is Nc1ccc(-c2ccccc2)cc1.Nc1ccc(Oc2ccc(N)cc2)cc1. The zero-order chi connectivity index (χ0) is 19.8. The van der Waals surface area contributed by atoms with E-state index in [1.165, 1.54) is 11.1 Å². The number of ether oxygens (including phenoxy) is 1. The first-order valence-electron chi connectivity index (χ1n) is 8.90. The van der Waals surface area contributed by atoms with Gasteiger partial charge in [-0.3, -0.25) is 0 Å². The first-order chi connectivity index (χ1) is 13.6. The van der Waals surface area contributed by atoms with Crippen LogP contribution in [0.15, 0.2) is 103 Å². The maximum atomic E-state index is 5.60. The summed E-state index contributed by atoms with van der Waals surface area (Å²) in [5, 5.41) is 0. The van der Waals surface area contributed by atoms with Crippen LogP contribution in [0.1, 0.15) is 0 Å². The van der Waals surface area contributed by atoms with Crippen molar-refractivity contribution in [2.45, 2.75) is 0 Å². The van der Waals surface area contributed by atoms with E-state index in [1.807, 2.05) is 66.7 Å². The van der Waals surface area contributed by atoms with E-state index in [4.69, 9.17) is 21.9 Å². The van der Waals surface area contributed by atoms with Gasteiger partial charge in [-0.15, -0.1) is 0 Å². The molecular weight excluding hydrogens is 346 g/mol. The van der Waals surface area contributed by atoms with Gasteiger partial charge in [0.1, 0.15) is 11.5 Å². The molecule has 0 unspecified atom stereocenters. The molecule has 4 aromatic carbocycles. The van der Waals surface area contributed by atoms with Gasteiger partial charge < -0.3 is 21.9 Å². The fraction of sp³-hybridized carbons (Fsp3) is 0. The van der Waals surface area contributed by atoms with Crippen LogP contribution in [-0.4, -0.2) is 0 Å². The normalized spacial score (nSPS) is 9.86. The number of hydrogen-bond acceptors (Lipinski definition) is 4. The van der Waals surface area contributed by atoms with Crippen LogP contribution in [0.3, 0.4) is 0 Å². The molecule has 0 fully saturated rings. The minimum absolute atomic E-state index is 0.722. The maximum absolute atomic E-state index is 5.60. The highest BCUT2D eigenvalue weighted by Crippen LogP contribution is 2.23. The molecule has 0 aromatic heterocycles. The number of rotatable bonds is 3. The zero-order valence-electron chi connectivity index (χ0n) is 15.5. The van der Waals surface area contributed by atoms with Gasteiger partial charge in [0.25, 0.3) is 0 Å². The second-order valence-electron chi connectivity index (χ2n) is 6.23. The Balaban J connectivity index is 0.000000162. The Morgan fingerprint density at radius 1 is 0.393 bits per heavy atom. The third-order valence-corrected chi connectivity index (χ3v) is 4.01. The lowest BCUT2D eigenvalue weighted by Crippen LogP contribution is -1.87. The summed E-state index contributed by atoms with van der Waals surface area (Å²) in [6.45, 7) is 0. The predicted octanol–water partition coefficient (Wildman–Crippen LogP) is 5.58. The van der Waals surface area contributed by atoms with Gasteiger partial charge in [0.15, 0.2) is 0 Å². The molecule has 6 N–H and O–H groups in total. The molecule has 28 heavy (non-hydrogen) atoms. The summed E-state index contributed by atoms with van der Waals surface area (Å²) in [6.07, 6.45) is 0. The minimum Gasteiger partial charge on any atom is -0.457 e. The topological polar surface area (TPSA) is 87.3 Å². The lowest BCUT2D eigenvalue weighted by molar-refractivity contribution is 0.483. The molecule has 0 aliphatic rings. The molecule has 0 saturated carbocycles. The van der Waals surface area contributed by atoms with Crippen molar-refractivity contribution in [3.63, 3.8) is 0 Å². The van der Waals surface area contributed by atoms with E-state index in [9.17, 15) is 0 Å². The van der Waals surface area contributed by atoms with Gasteiger partial charge in [0.05, 0.1) is 0 Å². The molecule has 0 radical (unpaired) electrons. The minimum atomic E-state index is 0.722. The first-order valence-corrected chi connectivity index (χ1v) is 8.90. The molecule has 0 heterocycles. The second kappa shape index (κ2) is 9.14. The average Bonchev–Trinajstić information content (AvgIpc) is 2.73. The van der Waals surface area contributed by atoms with Crippen LogP contribution in [0, 0.1) is 0 Å². The number of nitrogens with two attached hydrogens (primary N) is 3. The van der Waals surface area contributed by atoms with Gasteiger partial charge in [-0.2, -0.15) is 0 Å². The van der Waals surface area contributed by atoms with Gasteiger partial charge in [0, 0.05) is 17.1 Å². The van der Waals surface area contributed by atoms with E-state index in [0.717, 1.165) is 28.6 Å². The predicted molar refractivity (Wildman–Crippen MR) is 118 cm³/mol. The van der Waals surface area contributed by atoms with E-state index in [-0.39, 0.29) is 0 Å². The Morgan fingerprint density at radius 3 is 1.18 bits per heavy atom. The van der Waals surface area contributed by atoms with Gasteiger partial charge in [-0.25, -0.2) is 0 Å². The van der Waals surface area contributed by atoms with Gasteiger partial charge in [0.2, 0.25) is 0 Å². The summed E-state index contributed by atoms with van der Waals surface area (Å²) in [5.41, 5.74) is 21.4. The third-order valence-electron chi connectivity index (χ3n) is 4.01. The molecule has 4 heteroatoms. The van der Waals surface area contributed by atoms with Crippen LogP contribution in [0.4, 0.5) is 17.1 Å². The van der Waals surface area contributed by atoms with Crippen molar-refractivity contribution in [3.8, 4) is 22.6 Å². The van der Waals surface area contributed by atoms with E-state index < -0.39 is 0 Å². The summed E-state index contributed by atoms with van der Waals surface area (Å²) < 4.78 is 5.58. The van der Waals surface area contributed by atoms with Crippen molar-refractivity contribution in [1.82, 2.24) is 0 Å². The van der Waals surface area contributed by atoms with E-state index in [0.29, 0.717) is 0 Å². The first kappa shape index (κ1) is 18.9. The Hall–Kier alpha value is -3.92. The van der Waals surface area contributed by atoms with Crippen LogP contribution in [-0.2, 0) is 0 Å². The Morgan fingerprint density at radius 2 is 0.750 bits per heavy atom. The fourth-order valence-electron chi connectivity index (χ4n) is 2.51. The van der Waals surface area contributed by atoms with Crippen molar-refractivity contribution in [1.29, 1.82) is 0 Å². The second-order valence-corrected chi connectivity index (χ2v) is 6.23. The van der Waals surface area contributed by atoms with Crippen molar-refractivity contribution in [3.05, 3.63) is 103 Å². The molecule has 0 aliphatic heterocycles. The van der Waals surface area contributed by atoms with Crippen LogP contribution < -0.4 is 21.9 Å². The van der Waals surface area contributed by atoms with Crippen LogP contribution in [0.2, 0.25) is 0 Å². The summed E-state index contributed by atoms with van der Waals surface area (Å²) in [4.78, 5) is 0. The smallest absolute Gasteiger partial charge is 0.127 e. The molecule has 140 valence electrons. The van der Waals surface area contributed by atoms with E-state index in [2.05, 4.69) is 12.1 Å². The monoisotopic (exact) mass is 369 g/mol. The average molecular weight is 369 g/mol. The molecule has 0 amide bonds. The van der Waals surface area contributed by atoms with E-state index in [1.54, 1.807) is 24.3 Å². The highest BCUT2D eigenvalue weighted by molar-refractivity contribution is 5.65. The standard InChI is InChI=1S/C12H12N2O.C12H11N/c13-9-1-5-11(6-2-9)15-12-7-3-10(14)4-8-12;13-12-8-6-11(7-9-12)10-4-2-1-3-5-10/h1-8H,13-14H2;1-9H,13H2. The summed E-state index contributed by atoms with van der Waals surface area (Å²) in [7, 11) is 0. The van der Waals surface area contributed by atoms with Gasteiger partial charge >= 0.3 is 0 Å². The van der Waals surface area contributed by atoms with Crippen molar-refractivity contribution < 1.29 is 4.74 Å². The number of anilines is 3. The molecule has 0 bridgehead atoms. The molecule has 0 saturated heterocycles. The Kier molecular flexibility index (Phi) is 6.16. The number of benzene rings is 4. The molecule has 4 nitrogen and oxygen atoms in total. The van der Waals surface area contributed by atoms with Crippen LogP contribution in [0.25, 0.3) is 11.1 Å². The number of nitrogen functional groups attached to an aromatic ring is 3. The quantitative estimate of drug-likeness (QED) is 0.411. The van der Waals surface area contributed by atoms with Crippen molar-refractivity contribution >= 4 is 17.1 Å².